The molecule has 2 aromatic rings. The molecule has 0 unspecified atom stereocenters. The van der Waals surface area contributed by atoms with E-state index in [4.69, 9.17) is 23.2 Å². The minimum atomic E-state index is -3.87. The molecule has 2 amide bonds. The second-order valence-corrected chi connectivity index (χ2v) is 7.98. The number of para-hydroxylation sites is 1. The highest BCUT2D eigenvalue weighted by Gasteiger charge is 2.35. The van der Waals surface area contributed by atoms with Crippen LogP contribution in [0.1, 0.15) is 20.7 Å². The Hall–Kier alpha value is -2.09. The molecule has 0 saturated heterocycles. The number of carbonyl (C=O) groups excluding carboxylic acids is 2. The van der Waals surface area contributed by atoms with Gasteiger partial charge in [0.25, 0.3) is 11.8 Å². The van der Waals surface area contributed by atoms with Gasteiger partial charge < -0.3 is 0 Å². The van der Waals surface area contributed by atoms with Gasteiger partial charge in [-0.25, -0.2) is 8.42 Å². The average molecular weight is 399 g/mol. The average Bonchev–Trinajstić information content (AvgIpc) is 2.81. The standard InChI is InChI=1S/C16H12Cl2N2O4S/c17-12-6-3-7-13(18)14(12)19-25(23,24)9-8-20-15(21)10-4-1-2-5-11(10)16(20)22/h1-7,19H,8-9H2. The van der Waals surface area contributed by atoms with Crippen molar-refractivity contribution in [2.75, 3.05) is 17.0 Å². The Bertz CT molecular complexity index is 921. The van der Waals surface area contributed by atoms with Crippen LogP contribution in [0.15, 0.2) is 42.5 Å². The van der Waals surface area contributed by atoms with E-state index in [0.717, 1.165) is 4.90 Å². The first-order valence-electron chi connectivity index (χ1n) is 7.20. The van der Waals surface area contributed by atoms with Crippen molar-refractivity contribution >= 4 is 50.7 Å². The predicted molar refractivity (Wildman–Crippen MR) is 95.7 cm³/mol. The summed E-state index contributed by atoms with van der Waals surface area (Å²) < 4.78 is 26.8. The Morgan fingerprint density at radius 2 is 1.40 bits per heavy atom. The van der Waals surface area contributed by atoms with E-state index in [-0.39, 0.29) is 33.4 Å². The number of fused-ring (bicyclic) bond motifs is 1. The number of hydrogen-bond donors (Lipinski definition) is 1. The van der Waals surface area contributed by atoms with Gasteiger partial charge in [-0.2, -0.15) is 0 Å². The number of nitrogens with zero attached hydrogens (tertiary/aromatic N) is 1. The van der Waals surface area contributed by atoms with Gasteiger partial charge in [-0.05, 0) is 24.3 Å². The lowest BCUT2D eigenvalue weighted by Gasteiger charge is -2.15. The van der Waals surface area contributed by atoms with Crippen LogP contribution in [0, 0.1) is 0 Å². The summed E-state index contributed by atoms with van der Waals surface area (Å²) in [4.78, 5) is 25.4. The molecule has 1 heterocycles. The summed E-state index contributed by atoms with van der Waals surface area (Å²) in [6, 6.07) is 10.9. The third-order valence-electron chi connectivity index (χ3n) is 3.68. The smallest absolute Gasteiger partial charge is 0.261 e. The number of carbonyl (C=O) groups is 2. The number of imide groups is 1. The van der Waals surface area contributed by atoms with Crippen molar-refractivity contribution in [3.05, 3.63) is 63.6 Å². The summed E-state index contributed by atoms with van der Waals surface area (Å²) in [5.74, 6) is -1.49. The minimum Gasteiger partial charge on any atom is -0.280 e. The van der Waals surface area contributed by atoms with Crippen molar-refractivity contribution in [2.24, 2.45) is 0 Å². The molecular weight excluding hydrogens is 387 g/mol. The summed E-state index contributed by atoms with van der Waals surface area (Å²) in [5, 5.41) is 0.300. The van der Waals surface area contributed by atoms with Gasteiger partial charge in [0.1, 0.15) is 0 Å². The number of amides is 2. The van der Waals surface area contributed by atoms with Crippen LogP contribution in [0.4, 0.5) is 5.69 Å². The molecule has 0 atom stereocenters. The molecule has 2 aromatic carbocycles. The maximum Gasteiger partial charge on any atom is 0.261 e. The second-order valence-electron chi connectivity index (χ2n) is 5.33. The second kappa shape index (κ2) is 6.67. The summed E-state index contributed by atoms with van der Waals surface area (Å²) in [5.41, 5.74) is 0.604. The molecule has 1 aliphatic heterocycles. The largest absolute Gasteiger partial charge is 0.280 e. The number of nitrogens with one attached hydrogen (secondary N) is 1. The molecule has 6 nitrogen and oxygen atoms in total. The van der Waals surface area contributed by atoms with Crippen LogP contribution in [0.5, 0.6) is 0 Å². The van der Waals surface area contributed by atoms with E-state index < -0.39 is 27.6 Å². The summed E-state index contributed by atoms with van der Waals surface area (Å²) >= 11 is 11.9. The van der Waals surface area contributed by atoms with Gasteiger partial charge in [0.15, 0.2) is 0 Å². The third-order valence-corrected chi connectivity index (χ3v) is 5.55. The Kier molecular flexibility index (Phi) is 4.73. The van der Waals surface area contributed by atoms with Crippen LogP contribution in [-0.4, -0.2) is 37.4 Å². The van der Waals surface area contributed by atoms with Crippen LogP contribution >= 0.6 is 23.2 Å². The van der Waals surface area contributed by atoms with E-state index >= 15 is 0 Å². The molecule has 0 aromatic heterocycles. The van der Waals surface area contributed by atoms with Gasteiger partial charge >= 0.3 is 0 Å². The Morgan fingerprint density at radius 3 is 1.92 bits per heavy atom. The quantitative estimate of drug-likeness (QED) is 0.784. The normalized spacial score (nSPS) is 13.9. The maximum absolute atomic E-state index is 12.3. The van der Waals surface area contributed by atoms with E-state index in [1.807, 2.05) is 0 Å². The van der Waals surface area contributed by atoms with Gasteiger partial charge in [-0.15, -0.1) is 0 Å². The number of anilines is 1. The van der Waals surface area contributed by atoms with Crippen molar-refractivity contribution in [3.63, 3.8) is 0 Å². The van der Waals surface area contributed by atoms with Crippen molar-refractivity contribution in [1.29, 1.82) is 0 Å². The summed E-state index contributed by atoms with van der Waals surface area (Å²) in [6.45, 7) is -0.274. The van der Waals surface area contributed by atoms with Gasteiger partial charge in [-0.3, -0.25) is 19.2 Å². The molecule has 130 valence electrons. The number of benzene rings is 2. The highest BCUT2D eigenvalue weighted by atomic mass is 35.5. The molecule has 0 fully saturated rings. The zero-order valence-corrected chi connectivity index (χ0v) is 15.0. The highest BCUT2D eigenvalue weighted by Crippen LogP contribution is 2.30. The molecule has 1 aliphatic rings. The van der Waals surface area contributed by atoms with Crippen molar-refractivity contribution < 1.29 is 18.0 Å². The van der Waals surface area contributed by atoms with Crippen molar-refractivity contribution in [3.8, 4) is 0 Å². The third kappa shape index (κ3) is 3.49. The van der Waals surface area contributed by atoms with E-state index in [1.54, 1.807) is 18.2 Å². The zero-order valence-electron chi connectivity index (χ0n) is 12.7. The van der Waals surface area contributed by atoms with Gasteiger partial charge in [0.05, 0.1) is 32.6 Å². The SMILES string of the molecule is O=C1c2ccccc2C(=O)N1CCS(=O)(=O)Nc1c(Cl)cccc1Cl. The van der Waals surface area contributed by atoms with E-state index in [9.17, 15) is 18.0 Å². The van der Waals surface area contributed by atoms with E-state index in [0.29, 0.717) is 0 Å². The lowest BCUT2D eigenvalue weighted by Crippen LogP contribution is -2.35. The Morgan fingerprint density at radius 1 is 0.880 bits per heavy atom. The number of hydrogen-bond acceptors (Lipinski definition) is 4. The molecule has 1 N–H and O–H groups in total. The molecule has 0 radical (unpaired) electrons. The number of sulfonamides is 1. The maximum atomic E-state index is 12.3. The lowest BCUT2D eigenvalue weighted by molar-refractivity contribution is 0.0664. The van der Waals surface area contributed by atoms with Gasteiger partial charge in [0.2, 0.25) is 10.0 Å². The van der Waals surface area contributed by atoms with Gasteiger partial charge in [0, 0.05) is 6.54 Å². The van der Waals surface area contributed by atoms with Crippen molar-refractivity contribution in [1.82, 2.24) is 4.90 Å². The molecular formula is C16H12Cl2N2O4S. The first-order chi connectivity index (χ1) is 11.8. The lowest BCUT2D eigenvalue weighted by atomic mass is 10.1. The zero-order chi connectivity index (χ0) is 18.2. The molecule has 0 saturated carbocycles. The van der Waals surface area contributed by atoms with Crippen LogP contribution in [0.2, 0.25) is 10.0 Å². The number of halogens is 2. The molecule has 3 rings (SSSR count). The Labute approximate surface area is 154 Å². The van der Waals surface area contributed by atoms with Crippen molar-refractivity contribution in [2.45, 2.75) is 0 Å². The first kappa shape index (κ1) is 17.7. The molecule has 25 heavy (non-hydrogen) atoms. The molecule has 0 bridgehead atoms. The fourth-order valence-electron chi connectivity index (χ4n) is 2.46. The topological polar surface area (TPSA) is 83.6 Å². The fourth-order valence-corrected chi connectivity index (χ4v) is 4.12. The molecule has 9 heteroatoms. The summed E-state index contributed by atoms with van der Waals surface area (Å²) in [6.07, 6.45) is 0. The Balaban J connectivity index is 1.74. The molecule has 0 aliphatic carbocycles. The van der Waals surface area contributed by atoms with E-state index in [1.165, 1.54) is 24.3 Å². The monoisotopic (exact) mass is 398 g/mol. The molecule has 0 spiro atoms. The highest BCUT2D eigenvalue weighted by molar-refractivity contribution is 7.92. The van der Waals surface area contributed by atoms with Gasteiger partial charge in [-0.1, -0.05) is 41.4 Å². The predicted octanol–water partition coefficient (Wildman–Crippen LogP) is 3.03. The summed E-state index contributed by atoms with van der Waals surface area (Å²) in [7, 11) is -3.87. The van der Waals surface area contributed by atoms with E-state index in [2.05, 4.69) is 4.72 Å². The van der Waals surface area contributed by atoms with Crippen LogP contribution < -0.4 is 4.72 Å². The van der Waals surface area contributed by atoms with Crippen LogP contribution in [-0.2, 0) is 10.0 Å². The fraction of sp³-hybridized carbons (Fsp3) is 0.125. The minimum absolute atomic E-state index is 0.0631. The van der Waals surface area contributed by atoms with Crippen LogP contribution in [0.25, 0.3) is 0 Å². The first-order valence-corrected chi connectivity index (χ1v) is 9.61. The number of rotatable bonds is 5. The van der Waals surface area contributed by atoms with Crippen LogP contribution in [0.3, 0.4) is 0 Å².